The van der Waals surface area contributed by atoms with Gasteiger partial charge in [0.05, 0.1) is 17.6 Å². The van der Waals surface area contributed by atoms with E-state index in [1.54, 1.807) is 17.0 Å². The van der Waals surface area contributed by atoms with Gasteiger partial charge >= 0.3 is 0 Å². The van der Waals surface area contributed by atoms with Gasteiger partial charge in [0.25, 0.3) is 0 Å². The summed E-state index contributed by atoms with van der Waals surface area (Å²) in [6.07, 6.45) is -0.455. The van der Waals surface area contributed by atoms with Gasteiger partial charge < -0.3 is 19.3 Å². The highest BCUT2D eigenvalue weighted by Gasteiger charge is 2.35. The third kappa shape index (κ3) is 4.45. The molecule has 1 amide bonds. The number of anilines is 1. The highest BCUT2D eigenvalue weighted by Crippen LogP contribution is 2.33. The molecule has 1 fully saturated rings. The lowest BCUT2D eigenvalue weighted by Gasteiger charge is -2.19. The van der Waals surface area contributed by atoms with Crippen LogP contribution in [0.5, 0.6) is 5.75 Å². The molecule has 0 aliphatic carbocycles. The standard InChI is InChI=1S/C26H24FN3O3/c27-19-10-12-20(13-11-19)29-15-18(14-25(29)32)26-28-23-8-4-5-9-24(23)30(26)16-21(31)17-33-22-6-2-1-3-7-22/h1-13,18,21,31H,14-17H2. The zero-order valence-corrected chi connectivity index (χ0v) is 18.0. The number of nitrogens with zero attached hydrogens (tertiary/aromatic N) is 3. The van der Waals surface area contributed by atoms with Crippen molar-refractivity contribution in [3.8, 4) is 5.75 Å². The predicted molar refractivity (Wildman–Crippen MR) is 124 cm³/mol. The Morgan fingerprint density at radius 3 is 2.55 bits per heavy atom. The lowest BCUT2D eigenvalue weighted by Crippen LogP contribution is -2.26. The fraction of sp³-hybridized carbons (Fsp3) is 0.231. The van der Waals surface area contributed by atoms with Gasteiger partial charge in [0.15, 0.2) is 0 Å². The fourth-order valence-corrected chi connectivity index (χ4v) is 4.32. The molecule has 7 heteroatoms. The molecule has 2 atom stereocenters. The predicted octanol–water partition coefficient (Wildman–Crippen LogP) is 4.14. The Kier molecular flexibility index (Phi) is 5.79. The van der Waals surface area contributed by atoms with Crippen LogP contribution >= 0.6 is 0 Å². The van der Waals surface area contributed by atoms with Crippen molar-refractivity contribution in [2.24, 2.45) is 0 Å². The number of benzene rings is 3. The number of rotatable bonds is 7. The molecular weight excluding hydrogens is 421 g/mol. The average molecular weight is 445 g/mol. The normalized spacial score (nSPS) is 17.0. The maximum absolute atomic E-state index is 13.3. The van der Waals surface area contributed by atoms with Crippen molar-refractivity contribution in [3.05, 3.63) is 90.5 Å². The van der Waals surface area contributed by atoms with Crippen LogP contribution < -0.4 is 9.64 Å². The maximum Gasteiger partial charge on any atom is 0.227 e. The van der Waals surface area contributed by atoms with Gasteiger partial charge in [0.2, 0.25) is 5.91 Å². The van der Waals surface area contributed by atoms with Crippen molar-refractivity contribution in [2.75, 3.05) is 18.1 Å². The van der Waals surface area contributed by atoms with Crippen LogP contribution in [0.2, 0.25) is 0 Å². The molecule has 3 aromatic carbocycles. The number of amides is 1. The molecule has 168 valence electrons. The minimum atomic E-state index is -0.758. The Morgan fingerprint density at radius 2 is 1.76 bits per heavy atom. The lowest BCUT2D eigenvalue weighted by molar-refractivity contribution is -0.117. The molecule has 2 heterocycles. The smallest absolute Gasteiger partial charge is 0.227 e. The number of carbonyl (C=O) groups excluding carboxylic acids is 1. The third-order valence-electron chi connectivity index (χ3n) is 5.89. The van der Waals surface area contributed by atoms with E-state index in [9.17, 15) is 14.3 Å². The number of aromatic nitrogens is 2. The summed E-state index contributed by atoms with van der Waals surface area (Å²) < 4.78 is 21.0. The molecular formula is C26H24FN3O3. The Balaban J connectivity index is 1.38. The van der Waals surface area contributed by atoms with Gasteiger partial charge in [-0.25, -0.2) is 9.37 Å². The van der Waals surface area contributed by atoms with E-state index in [1.165, 1.54) is 12.1 Å². The first-order valence-electron chi connectivity index (χ1n) is 11.0. The fourth-order valence-electron chi connectivity index (χ4n) is 4.32. The first-order chi connectivity index (χ1) is 16.1. The summed E-state index contributed by atoms with van der Waals surface area (Å²) in [5.41, 5.74) is 2.39. The average Bonchev–Trinajstić information content (AvgIpc) is 3.39. The van der Waals surface area contributed by atoms with E-state index in [-0.39, 0.29) is 24.2 Å². The summed E-state index contributed by atoms with van der Waals surface area (Å²) in [6, 6.07) is 23.0. The Morgan fingerprint density at radius 1 is 1.03 bits per heavy atom. The topological polar surface area (TPSA) is 67.6 Å². The second-order valence-electron chi connectivity index (χ2n) is 8.23. The van der Waals surface area contributed by atoms with E-state index < -0.39 is 6.10 Å². The van der Waals surface area contributed by atoms with Gasteiger partial charge in [-0.3, -0.25) is 4.79 Å². The van der Waals surface area contributed by atoms with E-state index in [0.29, 0.717) is 30.9 Å². The highest BCUT2D eigenvalue weighted by atomic mass is 19.1. The summed E-state index contributed by atoms with van der Waals surface area (Å²) in [5, 5.41) is 10.7. The lowest BCUT2D eigenvalue weighted by atomic mass is 10.1. The molecule has 0 radical (unpaired) electrons. The number of carbonyl (C=O) groups is 1. The van der Waals surface area contributed by atoms with Gasteiger partial charge in [-0.1, -0.05) is 30.3 Å². The van der Waals surface area contributed by atoms with Crippen molar-refractivity contribution < 1.29 is 19.0 Å². The van der Waals surface area contributed by atoms with Crippen LogP contribution in [0.1, 0.15) is 18.2 Å². The molecule has 1 aliphatic heterocycles. The summed E-state index contributed by atoms with van der Waals surface area (Å²) in [6.45, 7) is 0.885. The van der Waals surface area contributed by atoms with Gasteiger partial charge in [0.1, 0.15) is 30.1 Å². The first kappa shape index (κ1) is 21.2. The largest absolute Gasteiger partial charge is 0.491 e. The molecule has 6 nitrogen and oxygen atoms in total. The van der Waals surface area contributed by atoms with Crippen LogP contribution in [0.4, 0.5) is 10.1 Å². The number of hydrogen-bond acceptors (Lipinski definition) is 4. The SMILES string of the molecule is O=C1CC(c2nc3ccccc3n2CC(O)COc2ccccc2)CN1c1ccc(F)cc1. The van der Waals surface area contributed by atoms with Crippen LogP contribution in [0.15, 0.2) is 78.9 Å². The van der Waals surface area contributed by atoms with Crippen LogP contribution in [0.25, 0.3) is 11.0 Å². The van der Waals surface area contributed by atoms with Crippen LogP contribution in [-0.2, 0) is 11.3 Å². The van der Waals surface area contributed by atoms with Gasteiger partial charge in [0, 0.05) is 24.6 Å². The third-order valence-corrected chi connectivity index (χ3v) is 5.89. The minimum Gasteiger partial charge on any atom is -0.491 e. The van der Waals surface area contributed by atoms with Crippen LogP contribution in [0.3, 0.4) is 0 Å². The van der Waals surface area contributed by atoms with E-state index in [4.69, 9.17) is 9.72 Å². The van der Waals surface area contributed by atoms with E-state index in [2.05, 4.69) is 0 Å². The molecule has 1 aliphatic rings. The quantitative estimate of drug-likeness (QED) is 0.464. The molecule has 2 unspecified atom stereocenters. The molecule has 0 saturated carbocycles. The van der Waals surface area contributed by atoms with E-state index in [0.717, 1.165) is 16.9 Å². The summed E-state index contributed by atoms with van der Waals surface area (Å²) in [7, 11) is 0. The van der Waals surface area contributed by atoms with Crippen molar-refractivity contribution in [2.45, 2.75) is 25.0 Å². The van der Waals surface area contributed by atoms with E-state index in [1.807, 2.05) is 59.2 Å². The zero-order valence-electron chi connectivity index (χ0n) is 18.0. The molecule has 0 bridgehead atoms. The number of ether oxygens (including phenoxy) is 1. The minimum absolute atomic E-state index is 0.0295. The second kappa shape index (κ2) is 9.03. The molecule has 1 N–H and O–H groups in total. The molecule has 5 rings (SSSR count). The van der Waals surface area contributed by atoms with Gasteiger partial charge in [-0.15, -0.1) is 0 Å². The number of hydrogen-bond donors (Lipinski definition) is 1. The van der Waals surface area contributed by atoms with E-state index >= 15 is 0 Å². The maximum atomic E-state index is 13.3. The number of aliphatic hydroxyl groups excluding tert-OH is 1. The Labute approximate surface area is 190 Å². The van der Waals surface area contributed by atoms with Crippen LogP contribution in [0, 0.1) is 5.82 Å². The van der Waals surface area contributed by atoms with Crippen LogP contribution in [-0.4, -0.2) is 39.8 Å². The Hall–Kier alpha value is -3.71. The van der Waals surface area contributed by atoms with Crippen molar-refractivity contribution >= 4 is 22.6 Å². The van der Waals surface area contributed by atoms with Crippen molar-refractivity contribution in [3.63, 3.8) is 0 Å². The van der Waals surface area contributed by atoms with Gasteiger partial charge in [-0.2, -0.15) is 0 Å². The van der Waals surface area contributed by atoms with Crippen molar-refractivity contribution in [1.82, 2.24) is 9.55 Å². The first-order valence-corrected chi connectivity index (χ1v) is 11.0. The number of aliphatic hydroxyl groups is 1. The monoisotopic (exact) mass is 445 g/mol. The molecule has 0 spiro atoms. The number of imidazole rings is 1. The Bertz CT molecular complexity index is 1260. The molecule has 33 heavy (non-hydrogen) atoms. The van der Waals surface area contributed by atoms with Crippen molar-refractivity contribution in [1.29, 1.82) is 0 Å². The number of para-hydroxylation sites is 3. The summed E-state index contributed by atoms with van der Waals surface area (Å²) >= 11 is 0. The molecule has 1 saturated heterocycles. The van der Waals surface area contributed by atoms with Gasteiger partial charge in [-0.05, 0) is 48.5 Å². The molecule has 1 aromatic heterocycles. The highest BCUT2D eigenvalue weighted by molar-refractivity contribution is 5.96. The zero-order chi connectivity index (χ0) is 22.8. The molecule has 4 aromatic rings. The summed E-state index contributed by atoms with van der Waals surface area (Å²) in [4.78, 5) is 19.3. The second-order valence-corrected chi connectivity index (χ2v) is 8.23. The summed E-state index contributed by atoms with van der Waals surface area (Å²) in [5.74, 6) is 0.947. The number of fused-ring (bicyclic) bond motifs is 1. The number of halogens is 1.